The van der Waals surface area contributed by atoms with Crippen LogP contribution in [0.4, 0.5) is 0 Å². The van der Waals surface area contributed by atoms with Crippen molar-refractivity contribution in [3.8, 4) is 0 Å². The number of rotatable bonds is 3. The first-order valence-corrected chi connectivity index (χ1v) is 9.50. The maximum Gasteiger partial charge on any atom is 0.213 e. The molecule has 0 aliphatic rings. The normalized spacial score (nSPS) is 12.0. The maximum absolute atomic E-state index is 12.9. The molecule has 0 spiro atoms. The Morgan fingerprint density at radius 1 is 1.18 bits per heavy atom. The van der Waals surface area contributed by atoms with Crippen LogP contribution in [-0.4, -0.2) is 29.3 Å². The van der Waals surface area contributed by atoms with Gasteiger partial charge in [-0.1, -0.05) is 41.4 Å². The molecule has 9 heteroatoms. The van der Waals surface area contributed by atoms with Crippen molar-refractivity contribution in [1.29, 1.82) is 0 Å². The van der Waals surface area contributed by atoms with Gasteiger partial charge in [0.1, 0.15) is 15.3 Å². The van der Waals surface area contributed by atoms with Crippen LogP contribution < -0.4 is 0 Å². The summed E-state index contributed by atoms with van der Waals surface area (Å²) in [5.41, 5.74) is 0.116. The van der Waals surface area contributed by atoms with Crippen molar-refractivity contribution in [2.75, 3.05) is 6.26 Å². The zero-order valence-electron chi connectivity index (χ0n) is 11.2. The summed E-state index contributed by atoms with van der Waals surface area (Å²) in [6, 6.07) is 9.52. The first-order chi connectivity index (χ1) is 10.4. The van der Waals surface area contributed by atoms with Gasteiger partial charge < -0.3 is 0 Å². The molecule has 0 atom stereocenters. The molecule has 1 aromatic carbocycles. The van der Waals surface area contributed by atoms with E-state index in [0.717, 1.165) is 0 Å². The smallest absolute Gasteiger partial charge is 0.213 e. The molecule has 0 aliphatic heterocycles. The highest BCUT2D eigenvalue weighted by Crippen LogP contribution is 2.33. The van der Waals surface area contributed by atoms with E-state index in [4.69, 9.17) is 23.2 Å². The molecule has 2 heterocycles. The van der Waals surface area contributed by atoms with Crippen molar-refractivity contribution in [2.45, 2.75) is 14.8 Å². The van der Waals surface area contributed by atoms with Crippen LogP contribution in [0.5, 0.6) is 0 Å². The predicted octanol–water partition coefficient (Wildman–Crippen LogP) is 3.59. The Morgan fingerprint density at radius 2 is 1.86 bits per heavy atom. The summed E-state index contributed by atoms with van der Waals surface area (Å²) in [6.45, 7) is 0. The second kappa shape index (κ2) is 5.73. The number of nitrogens with zero attached hydrogens (tertiary/aromatic N) is 3. The number of fused-ring (bicyclic) bond motifs is 1. The average molecular weight is 374 g/mol. The lowest BCUT2D eigenvalue weighted by molar-refractivity contribution is 0.594. The van der Waals surface area contributed by atoms with Crippen molar-refractivity contribution < 1.29 is 8.42 Å². The van der Waals surface area contributed by atoms with Crippen LogP contribution in [0.15, 0.2) is 51.2 Å². The van der Waals surface area contributed by atoms with Crippen molar-refractivity contribution >= 4 is 50.4 Å². The van der Waals surface area contributed by atoms with Crippen molar-refractivity contribution in [3.05, 3.63) is 46.7 Å². The zero-order valence-corrected chi connectivity index (χ0v) is 14.3. The lowest BCUT2D eigenvalue weighted by Gasteiger charge is -2.04. The van der Waals surface area contributed by atoms with Gasteiger partial charge in [0.05, 0.1) is 4.90 Å². The quantitative estimate of drug-likeness (QED) is 0.518. The van der Waals surface area contributed by atoms with Gasteiger partial charge in [-0.25, -0.2) is 17.9 Å². The Bertz CT molecular complexity index is 956. The Kier molecular flexibility index (Phi) is 4.07. The summed E-state index contributed by atoms with van der Waals surface area (Å²) >= 11 is 13.2. The molecule has 0 N–H and O–H groups in total. The van der Waals surface area contributed by atoms with Crippen LogP contribution in [-0.2, 0) is 9.84 Å². The highest BCUT2D eigenvalue weighted by Gasteiger charge is 2.29. The van der Waals surface area contributed by atoms with E-state index in [-0.39, 0.29) is 25.7 Å². The van der Waals surface area contributed by atoms with Gasteiger partial charge in [-0.2, -0.15) is 5.10 Å². The Hall–Kier alpha value is -1.28. The molecule has 22 heavy (non-hydrogen) atoms. The third-order valence-corrected chi connectivity index (χ3v) is 6.03. The minimum atomic E-state index is -3.78. The number of halogens is 2. The van der Waals surface area contributed by atoms with E-state index in [1.165, 1.54) is 34.5 Å². The highest BCUT2D eigenvalue weighted by atomic mass is 35.5. The van der Waals surface area contributed by atoms with Gasteiger partial charge in [-0.05, 0) is 18.4 Å². The molecule has 2 aromatic heterocycles. The lowest BCUT2D eigenvalue weighted by atomic mass is 10.4. The minimum Gasteiger partial charge on any atom is -0.218 e. The van der Waals surface area contributed by atoms with Crippen LogP contribution in [0.2, 0.25) is 10.3 Å². The van der Waals surface area contributed by atoms with Crippen LogP contribution in [0.25, 0.3) is 5.65 Å². The predicted molar refractivity (Wildman–Crippen MR) is 86.7 cm³/mol. The van der Waals surface area contributed by atoms with Crippen LogP contribution in [0.1, 0.15) is 0 Å². The summed E-state index contributed by atoms with van der Waals surface area (Å²) in [5.74, 6) is 0. The highest BCUT2D eigenvalue weighted by molar-refractivity contribution is 7.99. The van der Waals surface area contributed by atoms with Crippen LogP contribution >= 0.6 is 35.0 Å². The Labute approximate surface area is 141 Å². The molecule has 0 unspecified atom stereocenters. The Morgan fingerprint density at radius 3 is 2.50 bits per heavy atom. The molecule has 3 aromatic rings. The molecule has 0 amide bonds. The molecule has 0 radical (unpaired) electrons. The van der Waals surface area contributed by atoms with E-state index >= 15 is 0 Å². The molecule has 0 fully saturated rings. The van der Waals surface area contributed by atoms with Crippen molar-refractivity contribution in [1.82, 2.24) is 14.6 Å². The SMILES string of the molecule is CSc1nn2c(Cl)cc(Cl)nc2c1S(=O)(=O)c1ccccc1. The van der Waals surface area contributed by atoms with Gasteiger partial charge >= 0.3 is 0 Å². The third-order valence-electron chi connectivity index (χ3n) is 2.96. The van der Waals surface area contributed by atoms with E-state index in [2.05, 4.69) is 10.1 Å². The fourth-order valence-corrected chi connectivity index (χ4v) is 4.88. The Balaban J connectivity index is 2.40. The molecule has 114 valence electrons. The third kappa shape index (κ3) is 2.48. The zero-order chi connectivity index (χ0) is 15.9. The maximum atomic E-state index is 12.9. The van der Waals surface area contributed by atoms with E-state index in [9.17, 15) is 8.42 Å². The van der Waals surface area contributed by atoms with Crippen molar-refractivity contribution in [3.63, 3.8) is 0 Å². The van der Waals surface area contributed by atoms with Gasteiger partial charge in [0.15, 0.2) is 10.5 Å². The summed E-state index contributed by atoms with van der Waals surface area (Å²) < 4.78 is 27.1. The van der Waals surface area contributed by atoms with E-state index in [0.29, 0.717) is 5.03 Å². The van der Waals surface area contributed by atoms with Gasteiger partial charge in [0.2, 0.25) is 9.84 Å². The standard InChI is InChI=1S/C13H9Cl2N3O2S2/c1-21-13-11(22(19,20)8-5-3-2-4-6-8)12-16-9(14)7-10(15)18(12)17-13/h2-7H,1H3. The van der Waals surface area contributed by atoms with Gasteiger partial charge in [-0.3, -0.25) is 0 Å². The summed E-state index contributed by atoms with van der Waals surface area (Å²) in [4.78, 5) is 4.26. The number of hydrogen-bond donors (Lipinski definition) is 0. The number of hydrogen-bond acceptors (Lipinski definition) is 5. The molecule has 3 rings (SSSR count). The number of sulfone groups is 1. The fourth-order valence-electron chi connectivity index (χ4n) is 2.00. The number of benzene rings is 1. The minimum absolute atomic E-state index is 0.00981. The number of thioether (sulfide) groups is 1. The van der Waals surface area contributed by atoms with Gasteiger partial charge in [-0.15, -0.1) is 11.8 Å². The molecule has 0 saturated heterocycles. The summed E-state index contributed by atoms with van der Waals surface area (Å²) in [7, 11) is -3.78. The molecule has 0 saturated carbocycles. The van der Waals surface area contributed by atoms with Crippen molar-refractivity contribution in [2.24, 2.45) is 0 Å². The second-order valence-corrected chi connectivity index (χ2v) is 7.75. The second-order valence-electron chi connectivity index (χ2n) is 4.29. The molecule has 0 aliphatic carbocycles. The van der Waals surface area contributed by atoms with E-state index in [1.54, 1.807) is 24.5 Å². The lowest BCUT2D eigenvalue weighted by Crippen LogP contribution is -2.03. The first-order valence-electron chi connectivity index (χ1n) is 6.04. The van der Waals surface area contributed by atoms with Crippen LogP contribution in [0.3, 0.4) is 0 Å². The van der Waals surface area contributed by atoms with E-state index < -0.39 is 9.84 Å². The van der Waals surface area contributed by atoms with E-state index in [1.807, 2.05) is 0 Å². The number of aromatic nitrogens is 3. The monoisotopic (exact) mass is 373 g/mol. The molecular weight excluding hydrogens is 365 g/mol. The molecular formula is C13H9Cl2N3O2S2. The molecule has 0 bridgehead atoms. The van der Waals surface area contributed by atoms with Gasteiger partial charge in [0, 0.05) is 6.07 Å². The first kappa shape index (κ1) is 15.6. The average Bonchev–Trinajstić information content (AvgIpc) is 2.87. The summed E-state index contributed by atoms with van der Waals surface area (Å²) in [6.07, 6.45) is 1.74. The summed E-state index contributed by atoms with van der Waals surface area (Å²) in [5, 5.41) is 4.83. The van der Waals surface area contributed by atoms with Crippen LogP contribution in [0, 0.1) is 0 Å². The molecule has 5 nitrogen and oxygen atoms in total. The largest absolute Gasteiger partial charge is 0.218 e. The van der Waals surface area contributed by atoms with Gasteiger partial charge in [0.25, 0.3) is 0 Å². The fraction of sp³-hybridized carbons (Fsp3) is 0.0769. The topological polar surface area (TPSA) is 64.3 Å².